The Hall–Kier alpha value is -3.61. The summed E-state index contributed by atoms with van der Waals surface area (Å²) in [4.78, 5) is 8.64. The Bertz CT molecular complexity index is 1280. The summed E-state index contributed by atoms with van der Waals surface area (Å²) in [5.74, 6) is 0.597. The normalized spacial score (nSPS) is 13.7. The lowest BCUT2D eigenvalue weighted by molar-refractivity contribution is -0.173. The number of fused-ring (bicyclic) bond motifs is 1. The van der Waals surface area contributed by atoms with Gasteiger partial charge in [0.25, 0.3) is 0 Å². The van der Waals surface area contributed by atoms with Gasteiger partial charge in [0.05, 0.1) is 5.52 Å². The van der Waals surface area contributed by atoms with Gasteiger partial charge in [-0.3, -0.25) is 0 Å². The van der Waals surface area contributed by atoms with E-state index >= 15 is 0 Å². The number of nitrogens with zero attached hydrogens (tertiary/aromatic N) is 2. The van der Waals surface area contributed by atoms with Gasteiger partial charge in [0.15, 0.2) is 0 Å². The van der Waals surface area contributed by atoms with Crippen LogP contribution in [0.4, 0.5) is 30.4 Å². The second kappa shape index (κ2) is 7.82. The lowest BCUT2D eigenvalue weighted by Gasteiger charge is -2.33. The first-order chi connectivity index (χ1) is 15.1. The zero-order valence-corrected chi connectivity index (χ0v) is 18.0. The fourth-order valence-electron chi connectivity index (χ4n) is 3.78. The number of rotatable bonds is 4. The van der Waals surface area contributed by atoms with Crippen LogP contribution in [-0.2, 0) is 5.41 Å². The number of aryl methyl sites for hydroxylation is 2. The van der Waals surface area contributed by atoms with Gasteiger partial charge in [-0.1, -0.05) is 24.3 Å². The van der Waals surface area contributed by atoms with Crippen molar-refractivity contribution in [3.8, 4) is 0 Å². The van der Waals surface area contributed by atoms with E-state index in [1.54, 1.807) is 18.2 Å². The van der Waals surface area contributed by atoms with Crippen molar-refractivity contribution in [1.29, 1.82) is 0 Å². The molecule has 0 saturated heterocycles. The lowest BCUT2D eigenvalue weighted by atomic mass is 9.75. The molecule has 0 saturated carbocycles. The molecule has 164 valence electrons. The van der Waals surface area contributed by atoms with Gasteiger partial charge in [-0.05, 0) is 79.4 Å². The second-order valence-electron chi connectivity index (χ2n) is 8.13. The lowest BCUT2D eigenvalue weighted by Crippen LogP contribution is -2.40. The van der Waals surface area contributed by atoms with Gasteiger partial charge in [-0.25, -0.2) is 9.97 Å². The number of anilines is 3. The summed E-state index contributed by atoms with van der Waals surface area (Å²) in [6.45, 7) is 5.20. The van der Waals surface area contributed by atoms with Gasteiger partial charge in [-0.2, -0.15) is 13.2 Å². The summed E-state index contributed by atoms with van der Waals surface area (Å²) in [6.07, 6.45) is -3.04. The minimum Gasteiger partial charge on any atom is -0.399 e. The Balaban J connectivity index is 1.71. The molecule has 3 aromatic carbocycles. The van der Waals surface area contributed by atoms with E-state index in [-0.39, 0.29) is 16.8 Å². The van der Waals surface area contributed by atoms with Crippen molar-refractivity contribution in [3.05, 3.63) is 89.2 Å². The van der Waals surface area contributed by atoms with E-state index < -0.39 is 11.6 Å². The number of aromatic nitrogens is 2. The van der Waals surface area contributed by atoms with Crippen LogP contribution in [-0.4, -0.2) is 16.1 Å². The third-order valence-corrected chi connectivity index (χ3v) is 6.01. The molecule has 3 N–H and O–H groups in total. The minimum atomic E-state index is -4.51. The van der Waals surface area contributed by atoms with Crippen LogP contribution in [0, 0.1) is 13.8 Å². The molecule has 32 heavy (non-hydrogen) atoms. The van der Waals surface area contributed by atoms with Crippen molar-refractivity contribution in [2.75, 3.05) is 11.1 Å². The van der Waals surface area contributed by atoms with Crippen LogP contribution in [0.1, 0.15) is 29.2 Å². The molecular formula is C25H23F3N4. The average molecular weight is 436 g/mol. The van der Waals surface area contributed by atoms with Crippen molar-refractivity contribution in [3.63, 3.8) is 0 Å². The maximum atomic E-state index is 14.2. The van der Waals surface area contributed by atoms with E-state index in [1.807, 2.05) is 26.0 Å². The van der Waals surface area contributed by atoms with Crippen molar-refractivity contribution in [2.24, 2.45) is 0 Å². The molecule has 0 aliphatic rings. The number of nitrogens with two attached hydrogens (primary N) is 1. The van der Waals surface area contributed by atoms with Gasteiger partial charge in [0, 0.05) is 16.8 Å². The maximum absolute atomic E-state index is 14.2. The Morgan fingerprint density at radius 3 is 2.19 bits per heavy atom. The van der Waals surface area contributed by atoms with Crippen LogP contribution < -0.4 is 11.1 Å². The summed E-state index contributed by atoms with van der Waals surface area (Å²) in [7, 11) is 0. The Morgan fingerprint density at radius 2 is 1.53 bits per heavy atom. The fourth-order valence-corrected chi connectivity index (χ4v) is 3.78. The molecule has 0 radical (unpaired) electrons. The molecule has 4 nitrogen and oxygen atoms in total. The third kappa shape index (κ3) is 3.75. The average Bonchev–Trinajstić information content (AvgIpc) is 2.74. The highest BCUT2D eigenvalue weighted by Crippen LogP contribution is 2.46. The van der Waals surface area contributed by atoms with Crippen molar-refractivity contribution < 1.29 is 13.2 Å². The number of halogens is 3. The van der Waals surface area contributed by atoms with E-state index in [4.69, 9.17) is 5.73 Å². The largest absolute Gasteiger partial charge is 0.402 e. The molecule has 4 rings (SSSR count). The number of benzene rings is 3. The molecular weight excluding hydrogens is 413 g/mol. The maximum Gasteiger partial charge on any atom is 0.402 e. The van der Waals surface area contributed by atoms with Crippen molar-refractivity contribution in [2.45, 2.75) is 32.4 Å². The molecule has 1 unspecified atom stereocenters. The predicted molar refractivity (Wildman–Crippen MR) is 122 cm³/mol. The smallest absolute Gasteiger partial charge is 0.399 e. The highest BCUT2D eigenvalue weighted by atomic mass is 19.4. The monoisotopic (exact) mass is 436 g/mol. The highest BCUT2D eigenvalue weighted by molar-refractivity contribution is 5.91. The van der Waals surface area contributed by atoms with E-state index in [9.17, 15) is 13.2 Å². The van der Waals surface area contributed by atoms with Crippen LogP contribution in [0.5, 0.6) is 0 Å². The van der Waals surface area contributed by atoms with E-state index in [1.165, 1.54) is 43.6 Å². The van der Waals surface area contributed by atoms with Gasteiger partial charge in [-0.15, -0.1) is 0 Å². The molecule has 0 bridgehead atoms. The zero-order chi connectivity index (χ0) is 23.1. The Labute approximate surface area is 184 Å². The minimum absolute atomic E-state index is 0.0957. The SMILES string of the molecule is Cc1cc2ncnc(Nc3ccc(C(C)(c4cccc(N)c4)C(F)(F)F)cc3)c2cc1C. The van der Waals surface area contributed by atoms with Gasteiger partial charge in [0.1, 0.15) is 17.6 Å². The molecule has 1 heterocycles. The summed E-state index contributed by atoms with van der Waals surface area (Å²) in [5.41, 5.74) is 7.73. The molecule has 4 aromatic rings. The number of nitrogens with one attached hydrogen (secondary N) is 1. The van der Waals surface area contributed by atoms with E-state index in [0.717, 1.165) is 22.0 Å². The first-order valence-corrected chi connectivity index (χ1v) is 10.1. The molecule has 0 fully saturated rings. The van der Waals surface area contributed by atoms with Gasteiger partial charge in [0.2, 0.25) is 0 Å². The molecule has 7 heteroatoms. The van der Waals surface area contributed by atoms with Crippen molar-refractivity contribution >= 4 is 28.1 Å². The van der Waals surface area contributed by atoms with Crippen LogP contribution in [0.2, 0.25) is 0 Å². The van der Waals surface area contributed by atoms with Gasteiger partial charge >= 0.3 is 6.18 Å². The first-order valence-electron chi connectivity index (χ1n) is 10.1. The quantitative estimate of drug-likeness (QED) is 0.361. The molecule has 0 aliphatic carbocycles. The third-order valence-electron chi connectivity index (χ3n) is 6.01. The molecule has 0 aliphatic heterocycles. The number of alkyl halides is 3. The predicted octanol–water partition coefficient (Wildman–Crippen LogP) is 6.44. The molecule has 1 atom stereocenters. The van der Waals surface area contributed by atoms with Crippen LogP contribution in [0.15, 0.2) is 67.0 Å². The summed E-state index contributed by atoms with van der Waals surface area (Å²) in [5, 5.41) is 4.05. The standard InChI is InChI=1S/C25H23F3N4/c1-15-11-21-22(12-16(15)2)30-14-31-23(21)32-20-9-7-17(8-10-20)24(3,25(26,27)28)18-5-4-6-19(29)13-18/h4-14H,29H2,1-3H3,(H,30,31,32). The highest BCUT2D eigenvalue weighted by Gasteiger charge is 2.53. The van der Waals surface area contributed by atoms with Crippen LogP contribution in [0.3, 0.4) is 0 Å². The Kier molecular flexibility index (Phi) is 5.28. The van der Waals surface area contributed by atoms with Gasteiger partial charge < -0.3 is 11.1 Å². The van der Waals surface area contributed by atoms with E-state index in [2.05, 4.69) is 15.3 Å². The van der Waals surface area contributed by atoms with Crippen LogP contribution >= 0.6 is 0 Å². The molecule has 0 amide bonds. The summed E-state index contributed by atoms with van der Waals surface area (Å²) < 4.78 is 42.7. The Morgan fingerprint density at radius 1 is 0.844 bits per heavy atom. The number of hydrogen-bond donors (Lipinski definition) is 2. The molecule has 0 spiro atoms. The molecule has 1 aromatic heterocycles. The summed E-state index contributed by atoms with van der Waals surface area (Å²) >= 11 is 0. The number of nitrogen functional groups attached to an aromatic ring is 1. The zero-order valence-electron chi connectivity index (χ0n) is 18.0. The first kappa shape index (κ1) is 21.6. The van der Waals surface area contributed by atoms with E-state index in [0.29, 0.717) is 11.5 Å². The topological polar surface area (TPSA) is 63.8 Å². The van der Waals surface area contributed by atoms with Crippen molar-refractivity contribution in [1.82, 2.24) is 9.97 Å². The second-order valence-corrected chi connectivity index (χ2v) is 8.13. The summed E-state index contributed by atoms with van der Waals surface area (Å²) in [6, 6.07) is 16.1. The number of hydrogen-bond acceptors (Lipinski definition) is 4. The fraction of sp³-hybridized carbons (Fsp3) is 0.200. The van der Waals surface area contributed by atoms with Crippen LogP contribution in [0.25, 0.3) is 10.9 Å².